The molecule has 2 aromatic rings. The van der Waals surface area contributed by atoms with Crippen molar-refractivity contribution in [3.8, 4) is 11.5 Å². The summed E-state index contributed by atoms with van der Waals surface area (Å²) in [5, 5.41) is 0.615. The van der Waals surface area contributed by atoms with Gasteiger partial charge in [0.1, 0.15) is 11.5 Å². The average molecular weight is 235 g/mol. The van der Waals surface area contributed by atoms with Gasteiger partial charge in [0.25, 0.3) is 0 Å². The van der Waals surface area contributed by atoms with Crippen molar-refractivity contribution < 1.29 is 4.74 Å². The van der Waals surface area contributed by atoms with Gasteiger partial charge in [0, 0.05) is 23.3 Å². The number of aromatic nitrogens is 1. The molecule has 0 saturated carbocycles. The van der Waals surface area contributed by atoms with Crippen molar-refractivity contribution in [2.75, 3.05) is 0 Å². The van der Waals surface area contributed by atoms with Crippen LogP contribution in [-0.2, 0) is 6.54 Å². The molecule has 3 nitrogen and oxygen atoms in total. The molecular weight excluding hydrogens is 224 g/mol. The third-order valence-electron chi connectivity index (χ3n) is 2.14. The molecule has 0 amide bonds. The minimum absolute atomic E-state index is 0.343. The number of rotatable bonds is 3. The van der Waals surface area contributed by atoms with Gasteiger partial charge in [0.15, 0.2) is 0 Å². The van der Waals surface area contributed by atoms with E-state index >= 15 is 0 Å². The Morgan fingerprint density at radius 3 is 2.81 bits per heavy atom. The smallest absolute Gasteiger partial charge is 0.145 e. The van der Waals surface area contributed by atoms with Crippen LogP contribution in [0.3, 0.4) is 0 Å². The quantitative estimate of drug-likeness (QED) is 0.888. The number of hydrogen-bond acceptors (Lipinski definition) is 3. The molecule has 0 fully saturated rings. The van der Waals surface area contributed by atoms with Crippen LogP contribution >= 0.6 is 11.6 Å². The zero-order chi connectivity index (χ0) is 11.4. The lowest BCUT2D eigenvalue weighted by atomic mass is 10.2. The van der Waals surface area contributed by atoms with Gasteiger partial charge in [-0.2, -0.15) is 0 Å². The largest absolute Gasteiger partial charge is 0.455 e. The molecule has 0 saturated heterocycles. The van der Waals surface area contributed by atoms with Crippen LogP contribution in [0.25, 0.3) is 0 Å². The number of benzene rings is 1. The maximum Gasteiger partial charge on any atom is 0.145 e. The highest BCUT2D eigenvalue weighted by molar-refractivity contribution is 6.31. The van der Waals surface area contributed by atoms with E-state index in [9.17, 15) is 0 Å². The van der Waals surface area contributed by atoms with Gasteiger partial charge in [-0.25, -0.2) is 0 Å². The van der Waals surface area contributed by atoms with Gasteiger partial charge in [-0.1, -0.05) is 17.7 Å². The molecule has 82 valence electrons. The van der Waals surface area contributed by atoms with Crippen LogP contribution in [0.2, 0.25) is 5.02 Å². The van der Waals surface area contributed by atoms with Gasteiger partial charge in [-0.15, -0.1) is 0 Å². The molecule has 2 rings (SSSR count). The number of hydrogen-bond donors (Lipinski definition) is 1. The fraction of sp³-hybridized carbons (Fsp3) is 0.0833. The van der Waals surface area contributed by atoms with E-state index in [4.69, 9.17) is 22.1 Å². The zero-order valence-corrected chi connectivity index (χ0v) is 9.32. The van der Waals surface area contributed by atoms with E-state index in [0.717, 1.165) is 5.56 Å². The summed E-state index contributed by atoms with van der Waals surface area (Å²) in [6.07, 6.45) is 3.33. The highest BCUT2D eigenvalue weighted by Gasteiger charge is 2.07. The van der Waals surface area contributed by atoms with E-state index in [-0.39, 0.29) is 0 Å². The van der Waals surface area contributed by atoms with Gasteiger partial charge < -0.3 is 10.5 Å². The Bertz CT molecular complexity index is 474. The zero-order valence-electron chi connectivity index (χ0n) is 8.56. The van der Waals surface area contributed by atoms with E-state index < -0.39 is 0 Å². The molecule has 4 heteroatoms. The summed E-state index contributed by atoms with van der Waals surface area (Å²) in [4.78, 5) is 3.97. The predicted molar refractivity (Wildman–Crippen MR) is 63.7 cm³/mol. The van der Waals surface area contributed by atoms with Crippen LogP contribution in [0.4, 0.5) is 0 Å². The van der Waals surface area contributed by atoms with Crippen molar-refractivity contribution in [1.29, 1.82) is 0 Å². The van der Waals surface area contributed by atoms with Crippen molar-refractivity contribution in [3.63, 3.8) is 0 Å². The summed E-state index contributed by atoms with van der Waals surface area (Å²) < 4.78 is 5.65. The molecule has 0 bridgehead atoms. The maximum atomic E-state index is 6.02. The Hall–Kier alpha value is -1.58. The molecule has 0 aliphatic heterocycles. The van der Waals surface area contributed by atoms with Gasteiger partial charge in [0.2, 0.25) is 0 Å². The number of nitrogens with zero attached hydrogens (tertiary/aromatic N) is 1. The molecule has 16 heavy (non-hydrogen) atoms. The van der Waals surface area contributed by atoms with Crippen LogP contribution < -0.4 is 10.5 Å². The Kier molecular flexibility index (Phi) is 3.39. The highest BCUT2D eigenvalue weighted by Crippen LogP contribution is 2.29. The average Bonchev–Trinajstić information content (AvgIpc) is 2.31. The van der Waals surface area contributed by atoms with Crippen LogP contribution in [-0.4, -0.2) is 4.98 Å². The first-order valence-corrected chi connectivity index (χ1v) is 5.24. The van der Waals surface area contributed by atoms with Gasteiger partial charge in [-0.3, -0.25) is 4.98 Å². The fourth-order valence-electron chi connectivity index (χ4n) is 1.37. The topological polar surface area (TPSA) is 48.1 Å². The summed E-state index contributed by atoms with van der Waals surface area (Å²) in [6.45, 7) is 0.343. The van der Waals surface area contributed by atoms with E-state index in [2.05, 4.69) is 4.98 Å². The van der Waals surface area contributed by atoms with Crippen molar-refractivity contribution in [3.05, 3.63) is 53.3 Å². The Morgan fingerprint density at radius 2 is 2.12 bits per heavy atom. The molecule has 0 radical (unpaired) electrons. The first kappa shape index (κ1) is 10.9. The minimum Gasteiger partial charge on any atom is -0.455 e. The van der Waals surface area contributed by atoms with Gasteiger partial charge in [0.05, 0.1) is 6.20 Å². The molecule has 0 unspecified atom stereocenters. The Labute approximate surface area is 98.8 Å². The fourth-order valence-corrected chi connectivity index (χ4v) is 1.61. The molecule has 1 heterocycles. The third-order valence-corrected chi connectivity index (χ3v) is 2.50. The second-order valence-corrected chi connectivity index (χ2v) is 3.62. The summed E-state index contributed by atoms with van der Waals surface area (Å²) in [7, 11) is 0. The van der Waals surface area contributed by atoms with Crippen LogP contribution in [0.1, 0.15) is 5.56 Å². The molecule has 0 spiro atoms. The minimum atomic E-state index is 0.343. The van der Waals surface area contributed by atoms with Crippen LogP contribution in [0, 0.1) is 0 Å². The second kappa shape index (κ2) is 4.96. The molecular formula is C12H11ClN2O. The Balaban J connectivity index is 2.31. The third kappa shape index (κ3) is 2.32. The number of nitrogens with two attached hydrogens (primary N) is 1. The van der Waals surface area contributed by atoms with E-state index in [0.29, 0.717) is 23.1 Å². The molecule has 1 aromatic carbocycles. The van der Waals surface area contributed by atoms with Gasteiger partial charge in [-0.05, 0) is 24.3 Å². The maximum absolute atomic E-state index is 6.02. The molecule has 0 aliphatic rings. The number of pyridine rings is 1. The number of ether oxygens (including phenoxy) is 1. The van der Waals surface area contributed by atoms with E-state index in [1.165, 1.54) is 0 Å². The molecule has 0 atom stereocenters. The van der Waals surface area contributed by atoms with Crippen LogP contribution in [0.15, 0.2) is 42.7 Å². The van der Waals surface area contributed by atoms with Crippen molar-refractivity contribution in [1.82, 2.24) is 4.98 Å². The predicted octanol–water partition coefficient (Wildman–Crippen LogP) is 2.99. The standard InChI is InChI=1S/C12H11ClN2O/c13-11-4-1-5-12(10(11)7-14)16-9-3-2-6-15-8-9/h1-6,8H,7,14H2. The lowest BCUT2D eigenvalue weighted by Gasteiger charge is -2.10. The van der Waals surface area contributed by atoms with Crippen molar-refractivity contribution in [2.24, 2.45) is 5.73 Å². The highest BCUT2D eigenvalue weighted by atomic mass is 35.5. The first-order valence-electron chi connectivity index (χ1n) is 4.86. The first-order chi connectivity index (χ1) is 7.81. The Morgan fingerprint density at radius 1 is 1.25 bits per heavy atom. The summed E-state index contributed by atoms with van der Waals surface area (Å²) >= 11 is 6.02. The van der Waals surface area contributed by atoms with Gasteiger partial charge >= 0.3 is 0 Å². The lowest BCUT2D eigenvalue weighted by molar-refractivity contribution is 0.474. The lowest BCUT2D eigenvalue weighted by Crippen LogP contribution is -2.00. The summed E-state index contributed by atoms with van der Waals surface area (Å²) in [5.41, 5.74) is 6.42. The van der Waals surface area contributed by atoms with Crippen molar-refractivity contribution >= 4 is 11.6 Å². The van der Waals surface area contributed by atoms with E-state index in [1.54, 1.807) is 18.5 Å². The summed E-state index contributed by atoms with van der Waals surface area (Å²) in [6, 6.07) is 9.09. The normalized spacial score (nSPS) is 10.1. The molecule has 1 aromatic heterocycles. The molecule has 2 N–H and O–H groups in total. The SMILES string of the molecule is NCc1c(Cl)cccc1Oc1cccnc1. The second-order valence-electron chi connectivity index (χ2n) is 3.21. The number of halogens is 1. The van der Waals surface area contributed by atoms with Crippen molar-refractivity contribution in [2.45, 2.75) is 6.54 Å². The molecule has 0 aliphatic carbocycles. The van der Waals surface area contributed by atoms with Crippen LogP contribution in [0.5, 0.6) is 11.5 Å². The van der Waals surface area contributed by atoms with E-state index in [1.807, 2.05) is 24.3 Å². The monoisotopic (exact) mass is 234 g/mol. The summed E-state index contributed by atoms with van der Waals surface area (Å²) in [5.74, 6) is 1.34.